The zero-order valence-corrected chi connectivity index (χ0v) is 18.2. The molecule has 0 saturated carbocycles. The van der Waals surface area contributed by atoms with E-state index >= 15 is 0 Å². The van der Waals surface area contributed by atoms with E-state index in [2.05, 4.69) is 49.4 Å². The summed E-state index contributed by atoms with van der Waals surface area (Å²) in [4.78, 5) is 8.79. The van der Waals surface area contributed by atoms with Gasteiger partial charge in [0, 0.05) is 50.5 Å². The maximum absolute atomic E-state index is 6.31. The van der Waals surface area contributed by atoms with Gasteiger partial charge in [-0.3, -0.25) is 4.99 Å². The Bertz CT molecular complexity index is 955. The van der Waals surface area contributed by atoms with E-state index in [1.54, 1.807) is 14.2 Å². The summed E-state index contributed by atoms with van der Waals surface area (Å²) in [5.41, 5.74) is 2.34. The molecule has 158 valence electrons. The summed E-state index contributed by atoms with van der Waals surface area (Å²) in [5, 5.41) is 7.39. The fourth-order valence-electron chi connectivity index (χ4n) is 3.18. The molecule has 0 aliphatic carbocycles. The molecule has 2 aromatic carbocycles. The van der Waals surface area contributed by atoms with E-state index in [9.17, 15) is 0 Å². The van der Waals surface area contributed by atoms with Gasteiger partial charge in [0.25, 0.3) is 0 Å². The summed E-state index contributed by atoms with van der Waals surface area (Å²) in [5.74, 6) is 2.58. The van der Waals surface area contributed by atoms with Gasteiger partial charge in [0.15, 0.2) is 5.96 Å². The normalized spacial score (nSPS) is 11.4. The van der Waals surface area contributed by atoms with Crippen molar-refractivity contribution in [3.63, 3.8) is 0 Å². The van der Waals surface area contributed by atoms with Crippen molar-refractivity contribution in [2.75, 3.05) is 27.2 Å². The number of nitrogens with zero attached hydrogens (tertiary/aromatic N) is 3. The first-order valence-corrected chi connectivity index (χ1v) is 10.4. The lowest BCUT2D eigenvalue weighted by Gasteiger charge is -2.13. The van der Waals surface area contributed by atoms with Gasteiger partial charge >= 0.3 is 0 Å². The lowest BCUT2D eigenvalue weighted by Crippen LogP contribution is -2.39. The molecular formula is C23H28ClN5O. The number of rotatable bonds is 9. The number of halogens is 1. The van der Waals surface area contributed by atoms with E-state index in [0.717, 1.165) is 55.6 Å². The molecule has 30 heavy (non-hydrogen) atoms. The van der Waals surface area contributed by atoms with E-state index in [1.165, 1.54) is 5.56 Å². The maximum Gasteiger partial charge on any atom is 0.191 e. The number of benzene rings is 2. The van der Waals surface area contributed by atoms with Crippen LogP contribution in [0.15, 0.2) is 65.9 Å². The Hall–Kier alpha value is -2.99. The molecule has 1 aromatic heterocycles. The first kappa shape index (κ1) is 21.7. The molecule has 0 unspecified atom stereocenters. The van der Waals surface area contributed by atoms with Crippen molar-refractivity contribution >= 4 is 17.6 Å². The fourth-order valence-corrected chi connectivity index (χ4v) is 3.44. The van der Waals surface area contributed by atoms with Gasteiger partial charge in [0.05, 0.1) is 7.11 Å². The quantitative estimate of drug-likeness (QED) is 0.406. The van der Waals surface area contributed by atoms with Crippen molar-refractivity contribution < 1.29 is 4.74 Å². The zero-order valence-electron chi connectivity index (χ0n) is 17.4. The zero-order chi connectivity index (χ0) is 21.2. The van der Waals surface area contributed by atoms with Crippen molar-refractivity contribution in [3.05, 3.63) is 82.9 Å². The van der Waals surface area contributed by atoms with Gasteiger partial charge < -0.3 is 19.9 Å². The number of guanidine groups is 1. The largest absolute Gasteiger partial charge is 0.497 e. The molecule has 0 bridgehead atoms. The Kier molecular flexibility index (Phi) is 8.15. The summed E-state index contributed by atoms with van der Waals surface area (Å²) < 4.78 is 7.37. The maximum atomic E-state index is 6.31. The van der Waals surface area contributed by atoms with Crippen LogP contribution >= 0.6 is 11.6 Å². The summed E-state index contributed by atoms with van der Waals surface area (Å²) in [6.07, 6.45) is 5.48. The minimum absolute atomic E-state index is 0.712. The van der Waals surface area contributed by atoms with Crippen molar-refractivity contribution in [2.24, 2.45) is 4.99 Å². The van der Waals surface area contributed by atoms with Gasteiger partial charge in [0.1, 0.15) is 11.6 Å². The van der Waals surface area contributed by atoms with Crippen molar-refractivity contribution in [1.82, 2.24) is 20.2 Å². The molecule has 6 nitrogen and oxygen atoms in total. The third kappa shape index (κ3) is 6.26. The van der Waals surface area contributed by atoms with Crippen LogP contribution in [0.4, 0.5) is 0 Å². The van der Waals surface area contributed by atoms with Gasteiger partial charge in [-0.15, -0.1) is 0 Å². The van der Waals surface area contributed by atoms with Crippen LogP contribution in [-0.4, -0.2) is 42.8 Å². The lowest BCUT2D eigenvalue weighted by molar-refractivity contribution is 0.414. The molecule has 3 rings (SSSR count). The van der Waals surface area contributed by atoms with Gasteiger partial charge in [-0.2, -0.15) is 0 Å². The number of hydrogen-bond donors (Lipinski definition) is 2. The van der Waals surface area contributed by atoms with Crippen LogP contribution in [0.5, 0.6) is 5.75 Å². The van der Waals surface area contributed by atoms with Crippen LogP contribution < -0.4 is 15.4 Å². The molecule has 0 saturated heterocycles. The van der Waals surface area contributed by atoms with E-state index in [-0.39, 0.29) is 0 Å². The Morgan fingerprint density at radius 2 is 1.87 bits per heavy atom. The number of ether oxygens (including phenoxy) is 1. The Labute approximate surface area is 183 Å². The van der Waals surface area contributed by atoms with Gasteiger partial charge in [0.2, 0.25) is 0 Å². The SMILES string of the molecule is CN=C(NCCc1ccc(OC)cc1Cl)NCCc1nccn1Cc1ccccc1. The first-order valence-electron chi connectivity index (χ1n) is 10.0. The summed E-state index contributed by atoms with van der Waals surface area (Å²) in [7, 11) is 3.41. The monoisotopic (exact) mass is 425 g/mol. The number of imidazole rings is 1. The highest BCUT2D eigenvalue weighted by Crippen LogP contribution is 2.22. The lowest BCUT2D eigenvalue weighted by atomic mass is 10.1. The molecule has 3 aromatic rings. The number of aliphatic imine (C=N–C) groups is 1. The number of methoxy groups -OCH3 is 1. The van der Waals surface area contributed by atoms with E-state index in [0.29, 0.717) is 5.02 Å². The first-order chi connectivity index (χ1) is 14.7. The second-order valence-corrected chi connectivity index (χ2v) is 7.25. The third-order valence-corrected chi connectivity index (χ3v) is 5.16. The topological polar surface area (TPSA) is 63.5 Å². The van der Waals surface area contributed by atoms with E-state index in [1.807, 2.05) is 36.7 Å². The average molecular weight is 426 g/mol. The van der Waals surface area contributed by atoms with Crippen molar-refractivity contribution in [3.8, 4) is 5.75 Å². The van der Waals surface area contributed by atoms with Crippen LogP contribution in [0.25, 0.3) is 0 Å². The predicted octanol–water partition coefficient (Wildman–Crippen LogP) is 3.54. The summed E-state index contributed by atoms with van der Waals surface area (Å²) in [6, 6.07) is 16.2. The van der Waals surface area contributed by atoms with Gasteiger partial charge in [-0.25, -0.2) is 4.98 Å². The second-order valence-electron chi connectivity index (χ2n) is 6.84. The highest BCUT2D eigenvalue weighted by atomic mass is 35.5. The highest BCUT2D eigenvalue weighted by Gasteiger charge is 2.06. The minimum Gasteiger partial charge on any atom is -0.497 e. The second kappa shape index (κ2) is 11.3. The molecule has 2 N–H and O–H groups in total. The van der Waals surface area contributed by atoms with Crippen LogP contribution in [-0.2, 0) is 19.4 Å². The molecule has 1 heterocycles. The molecular weight excluding hydrogens is 398 g/mol. The number of hydrogen-bond acceptors (Lipinski definition) is 3. The van der Waals surface area contributed by atoms with Gasteiger partial charge in [-0.1, -0.05) is 48.0 Å². The van der Waals surface area contributed by atoms with Crippen molar-refractivity contribution in [1.29, 1.82) is 0 Å². The third-order valence-electron chi connectivity index (χ3n) is 4.81. The van der Waals surface area contributed by atoms with Crippen LogP contribution in [0.2, 0.25) is 5.02 Å². The molecule has 0 spiro atoms. The van der Waals surface area contributed by atoms with E-state index < -0.39 is 0 Å². The van der Waals surface area contributed by atoms with Crippen LogP contribution in [0, 0.1) is 0 Å². The Balaban J connectivity index is 1.44. The molecule has 0 fully saturated rings. The van der Waals surface area contributed by atoms with Crippen molar-refractivity contribution in [2.45, 2.75) is 19.4 Å². The summed E-state index contributed by atoms with van der Waals surface area (Å²) >= 11 is 6.31. The Morgan fingerprint density at radius 1 is 1.10 bits per heavy atom. The molecule has 0 amide bonds. The van der Waals surface area contributed by atoms with E-state index in [4.69, 9.17) is 16.3 Å². The molecule has 0 aliphatic rings. The molecule has 0 radical (unpaired) electrons. The highest BCUT2D eigenvalue weighted by molar-refractivity contribution is 6.31. The number of aromatic nitrogens is 2. The summed E-state index contributed by atoms with van der Waals surface area (Å²) in [6.45, 7) is 2.30. The predicted molar refractivity (Wildman–Crippen MR) is 123 cm³/mol. The molecule has 0 atom stereocenters. The smallest absolute Gasteiger partial charge is 0.191 e. The van der Waals surface area contributed by atoms with Gasteiger partial charge in [-0.05, 0) is 29.7 Å². The molecule has 0 aliphatic heterocycles. The standard InChI is InChI=1S/C23H28ClN5O/c1-25-23(27-12-10-19-8-9-20(30-2)16-21(19)24)28-13-11-22-26-14-15-29(22)17-18-6-4-3-5-7-18/h3-9,14-16H,10-13,17H2,1-2H3,(H2,25,27,28). The average Bonchev–Trinajstić information content (AvgIpc) is 3.21. The van der Waals surface area contributed by atoms with Crippen LogP contribution in [0.1, 0.15) is 17.0 Å². The fraction of sp³-hybridized carbons (Fsp3) is 0.304. The molecule has 7 heteroatoms. The minimum atomic E-state index is 0.712. The van der Waals surface area contributed by atoms with Crippen LogP contribution in [0.3, 0.4) is 0 Å². The Morgan fingerprint density at radius 3 is 2.57 bits per heavy atom. The number of nitrogens with one attached hydrogen (secondary N) is 2.